The van der Waals surface area contributed by atoms with Crippen molar-refractivity contribution < 1.29 is 15.0 Å². The van der Waals surface area contributed by atoms with Crippen molar-refractivity contribution in [3.05, 3.63) is 34.0 Å². The van der Waals surface area contributed by atoms with Crippen molar-refractivity contribution in [1.29, 1.82) is 0 Å². The molecule has 3 heterocycles. The van der Waals surface area contributed by atoms with Crippen molar-refractivity contribution in [2.45, 2.75) is 31.6 Å². The highest BCUT2D eigenvalue weighted by Crippen LogP contribution is 2.67. The number of nitrogens with one attached hydrogen (secondary N) is 1. The molecule has 32 heavy (non-hydrogen) atoms. The van der Waals surface area contributed by atoms with Crippen LogP contribution < -0.4 is 10.2 Å². The molecule has 2 unspecified atom stereocenters. The third-order valence-corrected chi connectivity index (χ3v) is 7.42. The third kappa shape index (κ3) is 2.92. The van der Waals surface area contributed by atoms with Gasteiger partial charge in [0.15, 0.2) is 17.0 Å². The zero-order valence-electron chi connectivity index (χ0n) is 18.2. The molecule has 2 aliphatic rings. The highest BCUT2D eigenvalue weighted by atomic mass is 32.1. The maximum atomic E-state index is 12.5. The minimum absolute atomic E-state index is 0.203. The van der Waals surface area contributed by atoms with Crippen LogP contribution in [0.4, 0.5) is 5.82 Å². The number of anilines is 1. The third-order valence-electron chi connectivity index (χ3n) is 6.51. The molecule has 5 rings (SSSR count). The van der Waals surface area contributed by atoms with E-state index in [1.165, 1.54) is 4.88 Å². The summed E-state index contributed by atoms with van der Waals surface area (Å²) in [6.45, 7) is 2.03. The Bertz CT molecular complexity index is 1290. The lowest BCUT2D eigenvalue weighted by atomic mass is 9.98. The maximum absolute atomic E-state index is 12.5. The second-order valence-electron chi connectivity index (χ2n) is 8.61. The highest BCUT2D eigenvalue weighted by Gasteiger charge is 2.75. The minimum Gasteiger partial charge on any atom is -0.389 e. The number of carbonyl (C=O) groups is 1. The molecule has 0 saturated heterocycles. The minimum atomic E-state index is -1.15. The molecule has 5 atom stereocenters. The van der Waals surface area contributed by atoms with Crippen LogP contribution in [0.2, 0.25) is 0 Å². The van der Waals surface area contributed by atoms with E-state index in [1.807, 2.05) is 38.1 Å². The molecule has 3 aromatic rings. The van der Waals surface area contributed by atoms with Crippen molar-refractivity contribution in [2.75, 3.05) is 26.0 Å². The number of aliphatic hydroxyl groups excluding tert-OH is 2. The Morgan fingerprint density at radius 1 is 1.31 bits per heavy atom. The van der Waals surface area contributed by atoms with Gasteiger partial charge in [0.2, 0.25) is 11.7 Å². The lowest BCUT2D eigenvalue weighted by Crippen LogP contribution is -2.41. The first-order valence-electron chi connectivity index (χ1n) is 10.4. The summed E-state index contributed by atoms with van der Waals surface area (Å²) in [5.74, 6) is 6.65. The molecule has 10 heteroatoms. The van der Waals surface area contributed by atoms with E-state index in [-0.39, 0.29) is 11.8 Å². The Kier molecular flexibility index (Phi) is 4.74. The molecule has 2 saturated carbocycles. The van der Waals surface area contributed by atoms with Crippen LogP contribution in [-0.2, 0) is 4.79 Å². The number of carbonyl (C=O) groups excluding carboxylic acids is 1. The fourth-order valence-electron chi connectivity index (χ4n) is 4.89. The van der Waals surface area contributed by atoms with Gasteiger partial charge in [0, 0.05) is 31.9 Å². The molecule has 0 aromatic carbocycles. The number of fused-ring (bicyclic) bond motifs is 2. The van der Waals surface area contributed by atoms with Gasteiger partial charge in [0.25, 0.3) is 0 Å². The van der Waals surface area contributed by atoms with Gasteiger partial charge in [-0.1, -0.05) is 0 Å². The number of amides is 1. The van der Waals surface area contributed by atoms with Gasteiger partial charge in [-0.2, -0.15) is 0 Å². The molecule has 2 fully saturated rings. The van der Waals surface area contributed by atoms with E-state index in [9.17, 15) is 15.0 Å². The molecule has 0 radical (unpaired) electrons. The molecule has 166 valence electrons. The monoisotopic (exact) mass is 452 g/mol. The zero-order valence-corrected chi connectivity index (χ0v) is 19.0. The molecule has 9 nitrogen and oxygen atoms in total. The molecule has 1 amide bonds. The van der Waals surface area contributed by atoms with E-state index < -0.39 is 23.7 Å². The van der Waals surface area contributed by atoms with Crippen molar-refractivity contribution >= 4 is 34.2 Å². The van der Waals surface area contributed by atoms with Crippen molar-refractivity contribution in [1.82, 2.24) is 24.8 Å². The predicted octanol–water partition coefficient (Wildman–Crippen LogP) is 0.691. The number of aromatic nitrogens is 4. The van der Waals surface area contributed by atoms with Gasteiger partial charge in [0.05, 0.1) is 28.8 Å². The van der Waals surface area contributed by atoms with Crippen LogP contribution in [-0.4, -0.2) is 69.0 Å². The van der Waals surface area contributed by atoms with Gasteiger partial charge in [-0.05, 0) is 37.3 Å². The first kappa shape index (κ1) is 20.9. The van der Waals surface area contributed by atoms with Gasteiger partial charge in [-0.25, -0.2) is 15.0 Å². The average molecular weight is 453 g/mol. The van der Waals surface area contributed by atoms with E-state index >= 15 is 0 Å². The van der Waals surface area contributed by atoms with Crippen LogP contribution >= 0.6 is 11.3 Å². The second kappa shape index (κ2) is 7.27. The SMILES string of the molecule is CNC(=O)C12CC1[C@@H](n1cnc3c(N(C)C)nc(C#Cc4ccc(C)s4)nc31)[C@H](O)[C@@H]2O. The van der Waals surface area contributed by atoms with Gasteiger partial charge >= 0.3 is 0 Å². The smallest absolute Gasteiger partial charge is 0.229 e. The summed E-state index contributed by atoms with van der Waals surface area (Å²) in [6, 6.07) is 3.46. The van der Waals surface area contributed by atoms with Crippen molar-refractivity contribution in [3.8, 4) is 11.8 Å². The molecule has 0 spiro atoms. The summed E-state index contributed by atoms with van der Waals surface area (Å²) in [7, 11) is 5.28. The Morgan fingerprint density at radius 3 is 2.75 bits per heavy atom. The quantitative estimate of drug-likeness (QED) is 0.501. The van der Waals surface area contributed by atoms with E-state index in [0.717, 1.165) is 4.88 Å². The van der Waals surface area contributed by atoms with Gasteiger partial charge in [0.1, 0.15) is 6.10 Å². The summed E-state index contributed by atoms with van der Waals surface area (Å²) >= 11 is 1.60. The van der Waals surface area contributed by atoms with Crippen LogP contribution in [0.1, 0.15) is 28.0 Å². The summed E-state index contributed by atoms with van der Waals surface area (Å²) in [6.07, 6.45) is -0.146. The lowest BCUT2D eigenvalue weighted by Gasteiger charge is -2.23. The van der Waals surface area contributed by atoms with Crippen LogP contribution in [0, 0.1) is 30.1 Å². The molecule has 0 aliphatic heterocycles. The van der Waals surface area contributed by atoms with Gasteiger partial charge in [-0.3, -0.25) is 4.79 Å². The number of aryl methyl sites for hydroxylation is 1. The molecule has 2 aliphatic carbocycles. The summed E-state index contributed by atoms with van der Waals surface area (Å²) in [4.78, 5) is 30.1. The number of hydrogen-bond donors (Lipinski definition) is 3. The zero-order chi connectivity index (χ0) is 22.8. The number of hydrogen-bond acceptors (Lipinski definition) is 8. The van der Waals surface area contributed by atoms with Crippen LogP contribution in [0.15, 0.2) is 18.5 Å². The van der Waals surface area contributed by atoms with E-state index in [4.69, 9.17) is 0 Å². The maximum Gasteiger partial charge on any atom is 0.229 e. The number of rotatable bonds is 3. The first-order valence-corrected chi connectivity index (χ1v) is 11.2. The highest BCUT2D eigenvalue weighted by molar-refractivity contribution is 7.12. The number of imidazole rings is 1. The summed E-state index contributed by atoms with van der Waals surface area (Å²) < 4.78 is 1.76. The Labute approximate surface area is 189 Å². The van der Waals surface area contributed by atoms with Gasteiger partial charge in [-0.15, -0.1) is 11.3 Å². The fraction of sp³-hybridized carbons (Fsp3) is 0.455. The number of thiophene rings is 1. The van der Waals surface area contributed by atoms with E-state index in [0.29, 0.717) is 29.2 Å². The first-order chi connectivity index (χ1) is 15.3. The fourth-order valence-corrected chi connectivity index (χ4v) is 5.61. The average Bonchev–Trinajstić information content (AvgIpc) is 3.02. The number of aliphatic hydroxyl groups is 2. The predicted molar refractivity (Wildman–Crippen MR) is 120 cm³/mol. The Morgan fingerprint density at radius 2 is 2.09 bits per heavy atom. The Hall–Kier alpha value is -3.00. The summed E-state index contributed by atoms with van der Waals surface area (Å²) in [5.41, 5.74) is 0.130. The standard InChI is InChI=1S/C22H24N6O3S/c1-11-5-6-12(32-11)7-8-14-25-19(27(3)4)15-20(26-14)28(10-24-15)16-13-9-22(13,21(31)23-2)18(30)17(16)29/h5-6,10,13,16-18,29-30H,9H2,1-4H3,(H,23,31)/t13?,16-,17+,18+,22?/m1/s1. The van der Waals surface area contributed by atoms with Crippen LogP contribution in [0.5, 0.6) is 0 Å². The largest absolute Gasteiger partial charge is 0.389 e. The van der Waals surface area contributed by atoms with Gasteiger partial charge < -0.3 is 25.0 Å². The number of nitrogens with zero attached hydrogens (tertiary/aromatic N) is 5. The van der Waals surface area contributed by atoms with E-state index in [1.54, 1.807) is 29.3 Å². The topological polar surface area (TPSA) is 116 Å². The summed E-state index contributed by atoms with van der Waals surface area (Å²) in [5, 5.41) is 24.2. The molecule has 3 N–H and O–H groups in total. The molecule has 0 bridgehead atoms. The van der Waals surface area contributed by atoms with Crippen molar-refractivity contribution in [2.24, 2.45) is 11.3 Å². The second-order valence-corrected chi connectivity index (χ2v) is 9.89. The van der Waals surface area contributed by atoms with Crippen molar-refractivity contribution in [3.63, 3.8) is 0 Å². The molecule has 3 aromatic heterocycles. The Balaban J connectivity index is 1.60. The van der Waals surface area contributed by atoms with E-state index in [2.05, 4.69) is 32.1 Å². The normalized spacial score (nSPS) is 28.2. The van der Waals surface area contributed by atoms with Crippen LogP contribution in [0.25, 0.3) is 11.2 Å². The lowest BCUT2D eigenvalue weighted by molar-refractivity contribution is -0.132. The van der Waals surface area contributed by atoms with Crippen LogP contribution in [0.3, 0.4) is 0 Å². The molecular weight excluding hydrogens is 428 g/mol. The molecular formula is C22H24N6O3S.